The zero-order valence-corrected chi connectivity index (χ0v) is 20.7. The minimum Gasteiger partial charge on any atom is -0.352 e. The molecule has 0 amide bonds. The van der Waals surface area contributed by atoms with Crippen LogP contribution in [0.3, 0.4) is 0 Å². The summed E-state index contributed by atoms with van der Waals surface area (Å²) < 4.78 is 2.24. The number of pyridine rings is 1. The van der Waals surface area contributed by atoms with E-state index in [0.29, 0.717) is 5.02 Å². The van der Waals surface area contributed by atoms with Crippen molar-refractivity contribution in [2.75, 3.05) is 31.5 Å². The summed E-state index contributed by atoms with van der Waals surface area (Å²) in [6.45, 7) is 4.05. The average Bonchev–Trinajstić information content (AvgIpc) is 3.43. The van der Waals surface area contributed by atoms with Gasteiger partial charge in [-0.1, -0.05) is 23.7 Å². The summed E-state index contributed by atoms with van der Waals surface area (Å²) in [6, 6.07) is 24.3. The molecule has 180 valence electrons. The zero-order chi connectivity index (χ0) is 24.3. The lowest BCUT2D eigenvalue weighted by Crippen LogP contribution is -2.23. The van der Waals surface area contributed by atoms with Crippen LogP contribution in [0, 0.1) is 0 Å². The third-order valence-corrected chi connectivity index (χ3v) is 6.87. The predicted octanol–water partition coefficient (Wildman–Crippen LogP) is 5.92. The second-order valence-corrected chi connectivity index (χ2v) is 9.50. The smallest absolute Gasteiger partial charge is 0.0900 e. The number of para-hydroxylation sites is 2. The van der Waals surface area contributed by atoms with Crippen molar-refractivity contribution in [3.05, 3.63) is 95.6 Å². The second kappa shape index (κ2) is 10.1. The summed E-state index contributed by atoms with van der Waals surface area (Å²) in [5.74, 6) is 0. The van der Waals surface area contributed by atoms with Gasteiger partial charge in [0.05, 0.1) is 51.9 Å². The Hall–Kier alpha value is -3.74. The van der Waals surface area contributed by atoms with Gasteiger partial charge in [-0.2, -0.15) is 0 Å². The highest BCUT2D eigenvalue weighted by Gasteiger charge is 2.17. The molecule has 2 aromatic carbocycles. The lowest BCUT2D eigenvalue weighted by atomic mass is 10.1. The van der Waals surface area contributed by atoms with Crippen LogP contribution in [0.4, 0.5) is 11.4 Å². The summed E-state index contributed by atoms with van der Waals surface area (Å²) in [7, 11) is 0. The largest absolute Gasteiger partial charge is 0.352 e. The van der Waals surface area contributed by atoms with Gasteiger partial charge in [-0.05, 0) is 86.6 Å². The molecule has 6 rings (SSSR count). The molecule has 1 aliphatic carbocycles. The van der Waals surface area contributed by atoms with E-state index in [4.69, 9.17) is 21.6 Å². The Bertz CT molecular complexity index is 1520. The van der Waals surface area contributed by atoms with Crippen LogP contribution in [0.1, 0.15) is 12.8 Å². The third kappa shape index (κ3) is 4.70. The lowest BCUT2D eigenvalue weighted by molar-refractivity contribution is 0.348. The van der Waals surface area contributed by atoms with Crippen LogP contribution in [-0.4, -0.2) is 45.6 Å². The molecular weight excluding hydrogens is 468 g/mol. The molecule has 0 unspecified atom stereocenters. The minimum absolute atomic E-state index is 0.711. The van der Waals surface area contributed by atoms with Crippen molar-refractivity contribution in [1.29, 1.82) is 0 Å². The number of hydrogen-bond donors (Lipinski definition) is 1. The quantitative estimate of drug-likeness (QED) is 0.298. The highest BCUT2D eigenvalue weighted by Crippen LogP contribution is 2.30. The van der Waals surface area contributed by atoms with Crippen LogP contribution < -0.4 is 10.7 Å². The molecular formula is C29H27ClN6. The summed E-state index contributed by atoms with van der Waals surface area (Å²) in [5.41, 5.74) is 6.69. The van der Waals surface area contributed by atoms with Crippen LogP contribution in [0.25, 0.3) is 28.1 Å². The fourth-order valence-corrected chi connectivity index (χ4v) is 4.98. The minimum atomic E-state index is 0.711. The number of likely N-dealkylation sites (tertiary alicyclic amines) is 1. The van der Waals surface area contributed by atoms with Gasteiger partial charge in [0.25, 0.3) is 0 Å². The first-order chi connectivity index (χ1) is 17.7. The van der Waals surface area contributed by atoms with Crippen molar-refractivity contribution >= 4 is 34.0 Å². The molecule has 0 bridgehead atoms. The van der Waals surface area contributed by atoms with Gasteiger partial charge in [-0.15, -0.1) is 0 Å². The second-order valence-electron chi connectivity index (χ2n) is 9.07. The first kappa shape index (κ1) is 22.7. The number of nitrogens with zero attached hydrogens (tertiary/aromatic N) is 5. The number of anilines is 2. The molecule has 1 fully saturated rings. The fourth-order valence-electron chi connectivity index (χ4n) is 4.85. The van der Waals surface area contributed by atoms with Gasteiger partial charge in [0.2, 0.25) is 0 Å². The van der Waals surface area contributed by atoms with E-state index in [1.54, 1.807) is 6.20 Å². The highest BCUT2D eigenvalue weighted by atomic mass is 35.5. The standard InChI is InChI=1S/C29H27ClN6/c30-21-9-11-23(12-10-21)36-28-8-2-1-7-24(28)34-27-18-26(33-22-6-5-13-31-20-22)25(19-29(27)36)32-14-17-35-15-3-4-16-35/h1-2,5-13,18-20,33H,3-4,14-17H2. The summed E-state index contributed by atoms with van der Waals surface area (Å²) in [4.78, 5) is 16.8. The van der Waals surface area contributed by atoms with E-state index >= 15 is 0 Å². The van der Waals surface area contributed by atoms with Crippen molar-refractivity contribution in [3.8, 4) is 17.1 Å². The number of nitrogens with one attached hydrogen (secondary N) is 1. The molecule has 1 saturated heterocycles. The molecule has 2 aliphatic heterocycles. The van der Waals surface area contributed by atoms with Crippen LogP contribution in [0.15, 0.2) is 90.2 Å². The van der Waals surface area contributed by atoms with E-state index in [9.17, 15) is 0 Å². The van der Waals surface area contributed by atoms with Gasteiger partial charge in [0.1, 0.15) is 0 Å². The summed E-state index contributed by atoms with van der Waals surface area (Å²) in [6.07, 6.45) is 6.16. The Morgan fingerprint density at radius 2 is 1.78 bits per heavy atom. The Balaban J connectivity index is 1.54. The molecule has 0 radical (unpaired) electrons. The molecule has 36 heavy (non-hydrogen) atoms. The first-order valence-corrected chi connectivity index (χ1v) is 12.7. The maximum atomic E-state index is 6.22. The lowest BCUT2D eigenvalue weighted by Gasteiger charge is -2.20. The van der Waals surface area contributed by atoms with Crippen LogP contribution >= 0.6 is 11.6 Å². The molecule has 3 aromatic rings. The normalized spacial score (nSPS) is 14.6. The van der Waals surface area contributed by atoms with E-state index < -0.39 is 0 Å². The van der Waals surface area contributed by atoms with Gasteiger partial charge >= 0.3 is 0 Å². The Morgan fingerprint density at radius 3 is 2.58 bits per heavy atom. The van der Waals surface area contributed by atoms with Gasteiger partial charge in [0, 0.05) is 23.5 Å². The van der Waals surface area contributed by atoms with Crippen molar-refractivity contribution < 1.29 is 0 Å². The Labute approximate surface area is 215 Å². The molecule has 3 heterocycles. The topological polar surface area (TPSA) is 58.3 Å². The maximum absolute atomic E-state index is 6.22. The molecule has 0 spiro atoms. The van der Waals surface area contributed by atoms with E-state index in [0.717, 1.165) is 57.9 Å². The SMILES string of the molecule is Clc1ccc(-n2c3cc(=NCCN4CCCC4)c(Nc4cccnc4)cc-3nc3ccccc32)cc1. The number of hydrogen-bond acceptors (Lipinski definition) is 5. The van der Waals surface area contributed by atoms with Crippen molar-refractivity contribution in [2.45, 2.75) is 12.8 Å². The van der Waals surface area contributed by atoms with Crippen LogP contribution in [0.5, 0.6) is 0 Å². The van der Waals surface area contributed by atoms with Crippen LogP contribution in [-0.2, 0) is 0 Å². The van der Waals surface area contributed by atoms with Crippen molar-refractivity contribution in [1.82, 2.24) is 19.4 Å². The van der Waals surface area contributed by atoms with E-state index in [2.05, 4.69) is 38.0 Å². The van der Waals surface area contributed by atoms with E-state index in [1.807, 2.05) is 60.8 Å². The predicted molar refractivity (Wildman–Crippen MR) is 146 cm³/mol. The van der Waals surface area contributed by atoms with Crippen LogP contribution in [0.2, 0.25) is 5.02 Å². The number of benzene rings is 3. The first-order valence-electron chi connectivity index (χ1n) is 12.4. The zero-order valence-electron chi connectivity index (χ0n) is 19.9. The monoisotopic (exact) mass is 494 g/mol. The molecule has 1 aromatic heterocycles. The molecule has 3 aliphatic rings. The third-order valence-electron chi connectivity index (χ3n) is 6.62. The molecule has 7 heteroatoms. The summed E-state index contributed by atoms with van der Waals surface area (Å²) in [5, 5.41) is 5.14. The van der Waals surface area contributed by atoms with Gasteiger partial charge in [-0.3, -0.25) is 9.98 Å². The fraction of sp³-hybridized carbons (Fsp3) is 0.207. The van der Waals surface area contributed by atoms with E-state index in [1.165, 1.54) is 25.9 Å². The number of aromatic nitrogens is 3. The molecule has 0 atom stereocenters. The van der Waals surface area contributed by atoms with Gasteiger partial charge < -0.3 is 14.8 Å². The maximum Gasteiger partial charge on any atom is 0.0900 e. The number of fused-ring (bicyclic) bond motifs is 2. The Kier molecular flexibility index (Phi) is 6.36. The Morgan fingerprint density at radius 1 is 0.944 bits per heavy atom. The molecule has 1 N–H and O–H groups in total. The number of rotatable bonds is 6. The average molecular weight is 495 g/mol. The van der Waals surface area contributed by atoms with Gasteiger partial charge in [-0.25, -0.2) is 4.98 Å². The van der Waals surface area contributed by atoms with Gasteiger partial charge in [0.15, 0.2) is 0 Å². The van der Waals surface area contributed by atoms with Crippen molar-refractivity contribution in [3.63, 3.8) is 0 Å². The molecule has 6 nitrogen and oxygen atoms in total. The highest BCUT2D eigenvalue weighted by molar-refractivity contribution is 6.30. The summed E-state index contributed by atoms with van der Waals surface area (Å²) >= 11 is 6.22. The number of halogens is 1. The molecule has 0 saturated carbocycles. The van der Waals surface area contributed by atoms with E-state index in [-0.39, 0.29) is 0 Å². The van der Waals surface area contributed by atoms with Crippen molar-refractivity contribution in [2.24, 2.45) is 4.99 Å².